The van der Waals surface area contributed by atoms with Gasteiger partial charge in [-0.05, 0) is 67.1 Å². The second kappa shape index (κ2) is 10.4. The van der Waals surface area contributed by atoms with E-state index in [2.05, 4.69) is 4.72 Å². The smallest absolute Gasteiger partial charge is 0.241 e. The van der Waals surface area contributed by atoms with Crippen molar-refractivity contribution in [3.63, 3.8) is 0 Å². The second-order valence-corrected chi connectivity index (χ2v) is 10.4. The lowest BCUT2D eigenvalue weighted by atomic mass is 10.0. The molecule has 3 rings (SSSR count). The zero-order valence-electron chi connectivity index (χ0n) is 16.4. The SMILES string of the molecule is CC(NS(=O)(=O)c1cc(Cl)cc(Cl)c1)C(Cc1ccc(Cl)cc1)Oc1ccc(Cl)cc1. The van der Waals surface area contributed by atoms with E-state index in [0.717, 1.165) is 5.56 Å². The molecule has 2 atom stereocenters. The number of nitrogens with one attached hydrogen (secondary N) is 1. The lowest BCUT2D eigenvalue weighted by Crippen LogP contribution is -2.45. The van der Waals surface area contributed by atoms with Crippen LogP contribution in [0.5, 0.6) is 5.75 Å². The van der Waals surface area contributed by atoms with Crippen LogP contribution in [0.4, 0.5) is 0 Å². The third-order valence-electron chi connectivity index (χ3n) is 4.50. The quantitative estimate of drug-likeness (QED) is 0.362. The molecule has 0 saturated carbocycles. The van der Waals surface area contributed by atoms with Crippen molar-refractivity contribution in [1.82, 2.24) is 4.72 Å². The third-order valence-corrected chi connectivity index (χ3v) is 6.98. The van der Waals surface area contributed by atoms with Crippen LogP contribution >= 0.6 is 46.4 Å². The summed E-state index contributed by atoms with van der Waals surface area (Å²) in [5.41, 5.74) is 0.945. The average molecular weight is 519 g/mol. The van der Waals surface area contributed by atoms with Gasteiger partial charge in [0.2, 0.25) is 10.0 Å². The molecule has 0 spiro atoms. The molecule has 0 heterocycles. The Hall–Kier alpha value is -1.47. The average Bonchev–Trinajstić information content (AvgIpc) is 2.69. The minimum atomic E-state index is -3.89. The van der Waals surface area contributed by atoms with Gasteiger partial charge in [-0.2, -0.15) is 0 Å². The predicted octanol–water partition coefficient (Wildman–Crippen LogP) is 6.66. The van der Waals surface area contributed by atoms with Crippen molar-refractivity contribution in [3.8, 4) is 5.75 Å². The number of hydrogen-bond donors (Lipinski definition) is 1. The molecule has 9 heteroatoms. The highest BCUT2D eigenvalue weighted by Crippen LogP contribution is 2.24. The molecule has 0 aliphatic carbocycles. The van der Waals surface area contributed by atoms with Gasteiger partial charge in [-0.15, -0.1) is 0 Å². The number of halogens is 4. The Morgan fingerprint density at radius 3 is 1.87 bits per heavy atom. The number of hydrogen-bond acceptors (Lipinski definition) is 3. The summed E-state index contributed by atoms with van der Waals surface area (Å²) < 4.78 is 34.6. The second-order valence-electron chi connectivity index (χ2n) is 6.96. The van der Waals surface area contributed by atoms with Gasteiger partial charge in [0.25, 0.3) is 0 Å². The summed E-state index contributed by atoms with van der Waals surface area (Å²) >= 11 is 23.9. The zero-order chi connectivity index (χ0) is 22.6. The van der Waals surface area contributed by atoms with Crippen molar-refractivity contribution in [2.75, 3.05) is 0 Å². The Balaban J connectivity index is 1.85. The van der Waals surface area contributed by atoms with Crippen molar-refractivity contribution in [1.29, 1.82) is 0 Å². The molecule has 31 heavy (non-hydrogen) atoms. The van der Waals surface area contributed by atoms with E-state index in [-0.39, 0.29) is 14.9 Å². The van der Waals surface area contributed by atoms with E-state index in [0.29, 0.717) is 22.2 Å². The minimum absolute atomic E-state index is 0.0198. The molecule has 3 aromatic carbocycles. The Labute approximate surface area is 202 Å². The van der Waals surface area contributed by atoms with Crippen LogP contribution in [-0.2, 0) is 16.4 Å². The summed E-state index contributed by atoms with van der Waals surface area (Å²) in [6.45, 7) is 1.74. The van der Waals surface area contributed by atoms with Gasteiger partial charge in [0.1, 0.15) is 11.9 Å². The molecule has 0 amide bonds. The van der Waals surface area contributed by atoms with Crippen LogP contribution < -0.4 is 9.46 Å². The molecule has 3 aromatic rings. The summed E-state index contributed by atoms with van der Waals surface area (Å²) in [4.78, 5) is -0.0198. The van der Waals surface area contributed by atoms with E-state index in [9.17, 15) is 8.42 Å². The number of sulfonamides is 1. The highest BCUT2D eigenvalue weighted by atomic mass is 35.5. The van der Waals surface area contributed by atoms with Crippen LogP contribution in [0.2, 0.25) is 20.1 Å². The molecule has 1 N–H and O–H groups in total. The van der Waals surface area contributed by atoms with Crippen molar-refractivity contribution >= 4 is 56.4 Å². The molecule has 0 fully saturated rings. The molecule has 2 unspecified atom stereocenters. The van der Waals surface area contributed by atoms with Gasteiger partial charge in [-0.25, -0.2) is 13.1 Å². The maximum Gasteiger partial charge on any atom is 0.241 e. The maximum absolute atomic E-state index is 12.9. The highest BCUT2D eigenvalue weighted by molar-refractivity contribution is 7.89. The molecule has 0 radical (unpaired) electrons. The van der Waals surface area contributed by atoms with Gasteiger partial charge in [-0.1, -0.05) is 58.5 Å². The number of benzene rings is 3. The number of ether oxygens (including phenoxy) is 1. The van der Waals surface area contributed by atoms with Gasteiger partial charge >= 0.3 is 0 Å². The Morgan fingerprint density at radius 1 is 0.806 bits per heavy atom. The first-order valence-corrected chi connectivity index (χ1v) is 12.3. The van der Waals surface area contributed by atoms with Crippen LogP contribution in [0, 0.1) is 0 Å². The Bertz CT molecular complexity index is 1070. The zero-order valence-corrected chi connectivity index (χ0v) is 20.2. The molecule has 164 valence electrons. The first-order chi connectivity index (χ1) is 14.6. The maximum atomic E-state index is 12.9. The lowest BCUT2D eigenvalue weighted by Gasteiger charge is -2.26. The lowest BCUT2D eigenvalue weighted by molar-refractivity contribution is 0.170. The number of rotatable bonds is 8. The molecule has 0 aliphatic rings. The van der Waals surface area contributed by atoms with E-state index in [1.54, 1.807) is 43.3 Å². The molecule has 4 nitrogen and oxygen atoms in total. The molecule has 0 saturated heterocycles. The first-order valence-electron chi connectivity index (χ1n) is 9.27. The highest BCUT2D eigenvalue weighted by Gasteiger charge is 2.26. The Kier molecular flexibility index (Phi) is 8.14. The normalized spacial score (nSPS) is 13.6. The van der Waals surface area contributed by atoms with Gasteiger partial charge in [0, 0.05) is 26.5 Å². The minimum Gasteiger partial charge on any atom is -0.488 e. The van der Waals surface area contributed by atoms with Crippen LogP contribution in [0.3, 0.4) is 0 Å². The molecular weight excluding hydrogens is 500 g/mol. The van der Waals surface area contributed by atoms with E-state index in [1.807, 2.05) is 12.1 Å². The van der Waals surface area contributed by atoms with Gasteiger partial charge in [0.05, 0.1) is 10.9 Å². The summed E-state index contributed by atoms with van der Waals surface area (Å²) in [6.07, 6.45) is -0.0773. The topological polar surface area (TPSA) is 55.4 Å². The van der Waals surface area contributed by atoms with E-state index < -0.39 is 22.2 Å². The van der Waals surface area contributed by atoms with Gasteiger partial charge in [-0.3, -0.25) is 0 Å². The standard InChI is InChI=1S/C22H19Cl4NO3S/c1-14(27-31(28,29)21-12-18(25)11-19(26)13-21)22(10-15-2-4-16(23)5-3-15)30-20-8-6-17(24)7-9-20/h2-9,11-14,22,27H,10H2,1H3. The molecule has 0 aliphatic heterocycles. The third kappa shape index (κ3) is 7.01. The monoisotopic (exact) mass is 517 g/mol. The summed E-state index contributed by atoms with van der Waals surface area (Å²) in [6, 6.07) is 17.7. The van der Waals surface area contributed by atoms with E-state index in [4.69, 9.17) is 51.1 Å². The Morgan fingerprint density at radius 2 is 1.32 bits per heavy atom. The summed E-state index contributed by atoms with van der Waals surface area (Å²) in [7, 11) is -3.89. The van der Waals surface area contributed by atoms with Crippen LogP contribution in [0.1, 0.15) is 12.5 Å². The predicted molar refractivity (Wildman–Crippen MR) is 127 cm³/mol. The molecule has 0 aromatic heterocycles. The van der Waals surface area contributed by atoms with E-state index >= 15 is 0 Å². The fraction of sp³-hybridized carbons (Fsp3) is 0.182. The van der Waals surface area contributed by atoms with Gasteiger partial charge in [0.15, 0.2) is 0 Å². The van der Waals surface area contributed by atoms with Crippen LogP contribution in [-0.4, -0.2) is 20.6 Å². The molecular formula is C22H19Cl4NO3S. The summed E-state index contributed by atoms with van der Waals surface area (Å²) in [5, 5.41) is 1.66. The van der Waals surface area contributed by atoms with Gasteiger partial charge < -0.3 is 4.74 Å². The van der Waals surface area contributed by atoms with Crippen molar-refractivity contribution in [2.45, 2.75) is 30.4 Å². The van der Waals surface area contributed by atoms with Crippen LogP contribution in [0.25, 0.3) is 0 Å². The molecule has 0 bridgehead atoms. The first kappa shape index (κ1) is 24.2. The van der Waals surface area contributed by atoms with Crippen molar-refractivity contribution < 1.29 is 13.2 Å². The fourth-order valence-corrected chi connectivity index (χ4v) is 5.18. The van der Waals surface area contributed by atoms with Crippen molar-refractivity contribution in [3.05, 3.63) is 92.4 Å². The van der Waals surface area contributed by atoms with E-state index in [1.165, 1.54) is 18.2 Å². The fourth-order valence-electron chi connectivity index (χ4n) is 2.93. The van der Waals surface area contributed by atoms with Crippen molar-refractivity contribution in [2.24, 2.45) is 0 Å². The summed E-state index contributed by atoms with van der Waals surface area (Å²) in [5.74, 6) is 0.570. The van der Waals surface area contributed by atoms with Crippen LogP contribution in [0.15, 0.2) is 71.6 Å². The largest absolute Gasteiger partial charge is 0.488 e.